The Morgan fingerprint density at radius 3 is 2.89 bits per heavy atom. The monoisotopic (exact) mass is 239 g/mol. The molecule has 1 aromatic carbocycles. The van der Waals surface area contributed by atoms with Gasteiger partial charge in [0.2, 0.25) is 0 Å². The predicted octanol–water partition coefficient (Wildman–Crippen LogP) is 3.84. The van der Waals surface area contributed by atoms with Gasteiger partial charge in [0.1, 0.15) is 11.7 Å². The van der Waals surface area contributed by atoms with E-state index in [2.05, 4.69) is 55.1 Å². The van der Waals surface area contributed by atoms with Crippen LogP contribution in [0.15, 0.2) is 55.8 Å². The molecule has 1 saturated heterocycles. The van der Waals surface area contributed by atoms with E-state index in [4.69, 9.17) is 4.74 Å². The minimum Gasteiger partial charge on any atom is -0.357 e. The molecule has 2 atom stereocenters. The van der Waals surface area contributed by atoms with Crippen LogP contribution in [-0.2, 0) is 11.3 Å². The van der Waals surface area contributed by atoms with Gasteiger partial charge in [-0.25, -0.2) is 0 Å². The van der Waals surface area contributed by atoms with Crippen molar-refractivity contribution in [1.82, 2.24) is 4.57 Å². The SMILES string of the molecule is C=CCn1ccc2cccc([C@H]3O[C@]3(C)C=C)c21. The highest BCUT2D eigenvalue weighted by atomic mass is 16.6. The summed E-state index contributed by atoms with van der Waals surface area (Å²) < 4.78 is 8.00. The lowest BCUT2D eigenvalue weighted by Crippen LogP contribution is -2.02. The number of epoxide rings is 1. The molecule has 3 rings (SSSR count). The van der Waals surface area contributed by atoms with E-state index in [0.29, 0.717) is 0 Å². The first kappa shape index (κ1) is 11.3. The van der Waals surface area contributed by atoms with E-state index in [1.807, 2.05) is 12.2 Å². The fourth-order valence-electron chi connectivity index (χ4n) is 2.54. The van der Waals surface area contributed by atoms with Crippen molar-refractivity contribution in [1.29, 1.82) is 0 Å². The molecular formula is C16H17NO. The minimum atomic E-state index is -0.211. The summed E-state index contributed by atoms with van der Waals surface area (Å²) in [5.41, 5.74) is 2.27. The second-order valence-corrected chi connectivity index (χ2v) is 4.93. The Bertz CT molecular complexity index is 625. The molecule has 2 heteroatoms. The number of hydrogen-bond acceptors (Lipinski definition) is 1. The normalized spacial score (nSPS) is 26.2. The van der Waals surface area contributed by atoms with Crippen molar-refractivity contribution in [2.24, 2.45) is 0 Å². The van der Waals surface area contributed by atoms with Gasteiger partial charge in [-0.2, -0.15) is 0 Å². The summed E-state index contributed by atoms with van der Waals surface area (Å²) in [6.45, 7) is 10.5. The zero-order chi connectivity index (χ0) is 12.8. The zero-order valence-corrected chi connectivity index (χ0v) is 10.6. The molecule has 0 aliphatic carbocycles. The van der Waals surface area contributed by atoms with Crippen LogP contribution in [0.5, 0.6) is 0 Å². The van der Waals surface area contributed by atoms with E-state index in [1.54, 1.807) is 0 Å². The fraction of sp³-hybridized carbons (Fsp3) is 0.250. The average Bonchev–Trinajstić information content (AvgIpc) is 2.90. The third kappa shape index (κ3) is 1.53. The number of para-hydroxylation sites is 1. The number of benzene rings is 1. The maximum Gasteiger partial charge on any atom is 0.118 e. The first-order valence-electron chi connectivity index (χ1n) is 6.19. The molecule has 0 amide bonds. The van der Waals surface area contributed by atoms with Crippen LogP contribution in [0.3, 0.4) is 0 Å². The quantitative estimate of drug-likeness (QED) is 0.585. The van der Waals surface area contributed by atoms with Crippen molar-refractivity contribution in [2.75, 3.05) is 0 Å². The topological polar surface area (TPSA) is 17.5 Å². The second-order valence-electron chi connectivity index (χ2n) is 4.93. The van der Waals surface area contributed by atoms with Crippen molar-refractivity contribution in [3.05, 3.63) is 61.3 Å². The van der Waals surface area contributed by atoms with E-state index in [-0.39, 0.29) is 11.7 Å². The van der Waals surface area contributed by atoms with E-state index in [0.717, 1.165) is 6.54 Å². The Kier molecular flexibility index (Phi) is 2.42. The van der Waals surface area contributed by atoms with Gasteiger partial charge in [-0.3, -0.25) is 0 Å². The van der Waals surface area contributed by atoms with Crippen molar-refractivity contribution in [2.45, 2.75) is 25.2 Å². The third-order valence-corrected chi connectivity index (χ3v) is 3.67. The lowest BCUT2D eigenvalue weighted by molar-refractivity contribution is 0.346. The first-order valence-corrected chi connectivity index (χ1v) is 6.19. The molecule has 18 heavy (non-hydrogen) atoms. The van der Waals surface area contributed by atoms with Crippen LogP contribution >= 0.6 is 0 Å². The smallest absolute Gasteiger partial charge is 0.118 e. The Hall–Kier alpha value is -1.80. The highest BCUT2D eigenvalue weighted by Gasteiger charge is 2.51. The third-order valence-electron chi connectivity index (χ3n) is 3.67. The number of ether oxygens (including phenoxy) is 1. The molecule has 2 nitrogen and oxygen atoms in total. The molecule has 0 unspecified atom stereocenters. The summed E-state index contributed by atoms with van der Waals surface area (Å²) in [4.78, 5) is 0. The molecule has 1 aliphatic rings. The summed E-state index contributed by atoms with van der Waals surface area (Å²) in [5, 5.41) is 1.25. The maximum atomic E-state index is 5.79. The highest BCUT2D eigenvalue weighted by Crippen LogP contribution is 2.51. The largest absolute Gasteiger partial charge is 0.357 e. The van der Waals surface area contributed by atoms with Gasteiger partial charge in [0, 0.05) is 18.3 Å². The Balaban J connectivity index is 2.14. The van der Waals surface area contributed by atoms with Gasteiger partial charge in [-0.1, -0.05) is 30.4 Å². The summed E-state index contributed by atoms with van der Waals surface area (Å²) >= 11 is 0. The van der Waals surface area contributed by atoms with Crippen LogP contribution in [-0.4, -0.2) is 10.2 Å². The average molecular weight is 239 g/mol. The van der Waals surface area contributed by atoms with Gasteiger partial charge < -0.3 is 9.30 Å². The number of fused-ring (bicyclic) bond motifs is 1. The highest BCUT2D eigenvalue weighted by molar-refractivity contribution is 5.84. The molecule has 1 aliphatic heterocycles. The molecule has 0 N–H and O–H groups in total. The standard InChI is InChI=1S/C16H17NO/c1-4-10-17-11-9-12-7-6-8-13(14(12)17)15-16(3,5-2)18-15/h4-9,11,15H,1-2,10H2,3H3/t15-,16-/m1/s1. The Morgan fingerprint density at radius 2 is 2.22 bits per heavy atom. The number of allylic oxidation sites excluding steroid dienone is 1. The Morgan fingerprint density at radius 1 is 1.39 bits per heavy atom. The second kappa shape index (κ2) is 3.85. The van der Waals surface area contributed by atoms with Gasteiger partial charge >= 0.3 is 0 Å². The molecular weight excluding hydrogens is 222 g/mol. The van der Waals surface area contributed by atoms with E-state index >= 15 is 0 Å². The fourth-order valence-corrected chi connectivity index (χ4v) is 2.54. The van der Waals surface area contributed by atoms with Gasteiger partial charge in [0.15, 0.2) is 0 Å². The van der Waals surface area contributed by atoms with Gasteiger partial charge in [-0.05, 0) is 18.4 Å². The van der Waals surface area contributed by atoms with Gasteiger partial charge in [0.25, 0.3) is 0 Å². The predicted molar refractivity (Wildman–Crippen MR) is 74.6 cm³/mol. The van der Waals surface area contributed by atoms with Crippen LogP contribution in [0.2, 0.25) is 0 Å². The van der Waals surface area contributed by atoms with Gasteiger partial charge in [0.05, 0.1) is 5.52 Å². The van der Waals surface area contributed by atoms with Crippen LogP contribution < -0.4 is 0 Å². The number of rotatable bonds is 4. The van der Waals surface area contributed by atoms with Crippen molar-refractivity contribution < 1.29 is 4.74 Å². The van der Waals surface area contributed by atoms with Crippen LogP contribution in [0.4, 0.5) is 0 Å². The van der Waals surface area contributed by atoms with E-state index < -0.39 is 0 Å². The van der Waals surface area contributed by atoms with Gasteiger partial charge in [-0.15, -0.1) is 13.2 Å². The zero-order valence-electron chi connectivity index (χ0n) is 10.6. The molecule has 92 valence electrons. The molecule has 0 saturated carbocycles. The lowest BCUT2D eigenvalue weighted by atomic mass is 9.99. The number of nitrogens with zero attached hydrogens (tertiary/aromatic N) is 1. The first-order chi connectivity index (χ1) is 8.69. The van der Waals surface area contributed by atoms with Crippen molar-refractivity contribution in [3.8, 4) is 0 Å². The summed E-state index contributed by atoms with van der Waals surface area (Å²) in [6, 6.07) is 8.49. The lowest BCUT2D eigenvalue weighted by Gasteiger charge is -2.07. The van der Waals surface area contributed by atoms with Crippen LogP contribution in [0, 0.1) is 0 Å². The number of hydrogen-bond donors (Lipinski definition) is 0. The summed E-state index contributed by atoms with van der Waals surface area (Å²) in [5.74, 6) is 0. The van der Waals surface area contributed by atoms with Crippen molar-refractivity contribution >= 4 is 10.9 Å². The molecule has 1 aromatic heterocycles. The van der Waals surface area contributed by atoms with E-state index in [9.17, 15) is 0 Å². The minimum absolute atomic E-state index is 0.122. The molecule has 1 fully saturated rings. The van der Waals surface area contributed by atoms with E-state index in [1.165, 1.54) is 16.5 Å². The van der Waals surface area contributed by atoms with Crippen LogP contribution in [0.1, 0.15) is 18.6 Å². The van der Waals surface area contributed by atoms with Crippen molar-refractivity contribution in [3.63, 3.8) is 0 Å². The molecule has 0 radical (unpaired) electrons. The molecule has 0 bridgehead atoms. The molecule has 2 heterocycles. The summed E-state index contributed by atoms with van der Waals surface area (Å²) in [6.07, 6.45) is 6.02. The Labute approximate surface area is 107 Å². The maximum absolute atomic E-state index is 5.79. The molecule has 0 spiro atoms. The number of aromatic nitrogens is 1. The van der Waals surface area contributed by atoms with Crippen LogP contribution in [0.25, 0.3) is 10.9 Å². The summed E-state index contributed by atoms with van der Waals surface area (Å²) in [7, 11) is 0. The molecule has 2 aromatic rings.